The summed E-state index contributed by atoms with van der Waals surface area (Å²) >= 11 is 0. The highest BCUT2D eigenvalue weighted by Gasteiger charge is 2.27. The molecule has 5 nitrogen and oxygen atoms in total. The van der Waals surface area contributed by atoms with E-state index in [9.17, 15) is 18.4 Å². The fourth-order valence-electron chi connectivity index (χ4n) is 1.51. The molecule has 0 spiro atoms. The SMILES string of the molecule is C[C@H](OC(=O)c1cc(F)c(O)c(F)c1)C(=O)NC1CC1. The molecule has 0 radical (unpaired) electrons. The highest BCUT2D eigenvalue weighted by molar-refractivity contribution is 5.92. The Kier molecular flexibility index (Phi) is 3.87. The Hall–Kier alpha value is -2.18. The van der Waals surface area contributed by atoms with Crippen molar-refractivity contribution in [3.63, 3.8) is 0 Å². The Bertz CT molecular complexity index is 534. The van der Waals surface area contributed by atoms with Crippen molar-refractivity contribution in [3.05, 3.63) is 29.3 Å². The molecule has 2 rings (SSSR count). The van der Waals surface area contributed by atoms with Crippen LogP contribution >= 0.6 is 0 Å². The maximum Gasteiger partial charge on any atom is 0.339 e. The fourth-order valence-corrected chi connectivity index (χ4v) is 1.51. The number of ether oxygens (including phenoxy) is 1. The van der Waals surface area contributed by atoms with Crippen LogP contribution < -0.4 is 5.32 Å². The zero-order valence-corrected chi connectivity index (χ0v) is 10.7. The molecule has 0 aliphatic heterocycles. The number of nitrogens with one attached hydrogen (secondary N) is 1. The first-order chi connectivity index (χ1) is 9.38. The molecule has 1 aromatic rings. The molecule has 7 heteroatoms. The number of hydrogen-bond acceptors (Lipinski definition) is 4. The van der Waals surface area contributed by atoms with Crippen LogP contribution in [0.25, 0.3) is 0 Å². The molecule has 0 saturated heterocycles. The number of hydrogen-bond donors (Lipinski definition) is 2. The van der Waals surface area contributed by atoms with E-state index in [1.165, 1.54) is 6.92 Å². The summed E-state index contributed by atoms with van der Waals surface area (Å²) in [5.74, 6) is -5.21. The first kappa shape index (κ1) is 14.2. The minimum absolute atomic E-state index is 0.118. The number of phenols is 1. The minimum Gasteiger partial charge on any atom is -0.503 e. The van der Waals surface area contributed by atoms with E-state index in [0.717, 1.165) is 12.8 Å². The van der Waals surface area contributed by atoms with Crippen molar-refractivity contribution >= 4 is 11.9 Å². The summed E-state index contributed by atoms with van der Waals surface area (Å²) in [7, 11) is 0. The van der Waals surface area contributed by atoms with Gasteiger partial charge in [0.1, 0.15) is 0 Å². The van der Waals surface area contributed by atoms with Crippen LogP contribution in [-0.4, -0.2) is 29.1 Å². The van der Waals surface area contributed by atoms with E-state index in [-0.39, 0.29) is 6.04 Å². The maximum absolute atomic E-state index is 13.1. The van der Waals surface area contributed by atoms with Crippen LogP contribution in [0.2, 0.25) is 0 Å². The Morgan fingerprint density at radius 1 is 1.35 bits per heavy atom. The molecule has 0 unspecified atom stereocenters. The maximum atomic E-state index is 13.1. The van der Waals surface area contributed by atoms with Gasteiger partial charge >= 0.3 is 5.97 Å². The summed E-state index contributed by atoms with van der Waals surface area (Å²) < 4.78 is 31.0. The van der Waals surface area contributed by atoms with Gasteiger partial charge in [-0.15, -0.1) is 0 Å². The fraction of sp³-hybridized carbons (Fsp3) is 0.385. The zero-order valence-electron chi connectivity index (χ0n) is 10.7. The predicted octanol–water partition coefficient (Wildman–Crippen LogP) is 1.49. The number of halogens is 2. The van der Waals surface area contributed by atoms with E-state index in [1.54, 1.807) is 0 Å². The average molecular weight is 285 g/mol. The summed E-state index contributed by atoms with van der Waals surface area (Å²) in [5.41, 5.74) is -0.413. The monoisotopic (exact) mass is 285 g/mol. The minimum atomic E-state index is -1.27. The van der Waals surface area contributed by atoms with Crippen LogP contribution in [0.1, 0.15) is 30.1 Å². The Labute approximate surface area is 113 Å². The second kappa shape index (κ2) is 5.44. The van der Waals surface area contributed by atoms with Gasteiger partial charge in [-0.05, 0) is 31.9 Å². The van der Waals surface area contributed by atoms with Gasteiger partial charge in [0.25, 0.3) is 5.91 Å². The molecule has 1 amide bonds. The van der Waals surface area contributed by atoms with E-state index in [4.69, 9.17) is 9.84 Å². The van der Waals surface area contributed by atoms with Crippen molar-refractivity contribution in [3.8, 4) is 5.75 Å². The molecule has 1 aliphatic carbocycles. The lowest BCUT2D eigenvalue weighted by Crippen LogP contribution is -2.37. The number of phenolic OH excluding ortho intramolecular Hbond substituents is 1. The molecule has 0 heterocycles. The summed E-state index contributed by atoms with van der Waals surface area (Å²) in [4.78, 5) is 23.2. The van der Waals surface area contributed by atoms with Crippen LogP contribution in [0.4, 0.5) is 8.78 Å². The number of aromatic hydroxyl groups is 1. The molecule has 0 bridgehead atoms. The van der Waals surface area contributed by atoms with Crippen LogP contribution in [-0.2, 0) is 9.53 Å². The molecule has 108 valence electrons. The van der Waals surface area contributed by atoms with Gasteiger partial charge in [0.2, 0.25) is 0 Å². The number of amides is 1. The molecule has 20 heavy (non-hydrogen) atoms. The van der Waals surface area contributed by atoms with Gasteiger partial charge in [-0.2, -0.15) is 0 Å². The van der Waals surface area contributed by atoms with E-state index < -0.39 is 40.9 Å². The van der Waals surface area contributed by atoms with E-state index >= 15 is 0 Å². The largest absolute Gasteiger partial charge is 0.503 e. The van der Waals surface area contributed by atoms with Gasteiger partial charge in [0.15, 0.2) is 23.5 Å². The molecular weight excluding hydrogens is 272 g/mol. The Balaban J connectivity index is 2.01. The van der Waals surface area contributed by atoms with Crippen molar-refractivity contribution in [2.45, 2.75) is 31.9 Å². The topological polar surface area (TPSA) is 75.6 Å². The molecular formula is C13H13F2NO4. The first-order valence-corrected chi connectivity index (χ1v) is 6.08. The highest BCUT2D eigenvalue weighted by atomic mass is 19.1. The molecule has 1 aromatic carbocycles. The van der Waals surface area contributed by atoms with E-state index in [2.05, 4.69) is 5.32 Å². The molecule has 0 aromatic heterocycles. The van der Waals surface area contributed by atoms with Crippen LogP contribution in [0, 0.1) is 11.6 Å². The second-order valence-corrected chi connectivity index (χ2v) is 4.62. The number of esters is 1. The number of benzene rings is 1. The van der Waals surface area contributed by atoms with Crippen LogP contribution in [0.5, 0.6) is 5.75 Å². The second-order valence-electron chi connectivity index (χ2n) is 4.62. The van der Waals surface area contributed by atoms with Crippen LogP contribution in [0.15, 0.2) is 12.1 Å². The van der Waals surface area contributed by atoms with Gasteiger partial charge in [-0.25, -0.2) is 13.6 Å². The van der Waals surface area contributed by atoms with Crippen LogP contribution in [0.3, 0.4) is 0 Å². The molecule has 1 saturated carbocycles. The van der Waals surface area contributed by atoms with Crippen molar-refractivity contribution in [2.24, 2.45) is 0 Å². The third-order valence-electron chi connectivity index (χ3n) is 2.83. The molecule has 1 atom stereocenters. The van der Waals surface area contributed by atoms with Crippen molar-refractivity contribution in [1.29, 1.82) is 0 Å². The lowest BCUT2D eigenvalue weighted by molar-refractivity contribution is -0.129. The normalized spacial score (nSPS) is 15.6. The van der Waals surface area contributed by atoms with Crippen molar-refractivity contribution in [2.75, 3.05) is 0 Å². The number of rotatable bonds is 4. The molecule has 1 aliphatic rings. The number of carbonyl (C=O) groups is 2. The summed E-state index contributed by atoms with van der Waals surface area (Å²) in [5, 5.41) is 11.6. The lowest BCUT2D eigenvalue weighted by Gasteiger charge is -2.13. The number of carbonyl (C=O) groups excluding carboxylic acids is 2. The zero-order chi connectivity index (χ0) is 14.9. The van der Waals surface area contributed by atoms with E-state index in [0.29, 0.717) is 12.1 Å². The Morgan fingerprint density at radius 3 is 2.40 bits per heavy atom. The highest BCUT2D eigenvalue weighted by Crippen LogP contribution is 2.22. The van der Waals surface area contributed by atoms with Gasteiger partial charge in [-0.3, -0.25) is 4.79 Å². The van der Waals surface area contributed by atoms with E-state index in [1.807, 2.05) is 0 Å². The van der Waals surface area contributed by atoms with Gasteiger partial charge < -0.3 is 15.2 Å². The average Bonchev–Trinajstić information content (AvgIpc) is 3.18. The van der Waals surface area contributed by atoms with Gasteiger partial charge in [0, 0.05) is 6.04 Å². The quantitative estimate of drug-likeness (QED) is 0.822. The first-order valence-electron chi connectivity index (χ1n) is 6.08. The molecule has 1 fully saturated rings. The van der Waals surface area contributed by atoms with Crippen molar-refractivity contribution < 1.29 is 28.2 Å². The lowest BCUT2D eigenvalue weighted by atomic mass is 10.2. The van der Waals surface area contributed by atoms with Crippen molar-refractivity contribution in [1.82, 2.24) is 5.32 Å². The summed E-state index contributed by atoms with van der Waals surface area (Å²) in [6.07, 6.45) is 0.713. The Morgan fingerprint density at radius 2 is 1.90 bits per heavy atom. The van der Waals surface area contributed by atoms with Gasteiger partial charge in [-0.1, -0.05) is 0 Å². The predicted molar refractivity (Wildman–Crippen MR) is 64.1 cm³/mol. The standard InChI is InChI=1S/C13H13F2NO4/c1-6(12(18)16-8-2-3-8)20-13(19)7-4-9(14)11(17)10(15)5-7/h4-6,8,17H,2-3H2,1H3,(H,16,18)/t6-/m0/s1. The third-order valence-corrected chi connectivity index (χ3v) is 2.83. The van der Waals surface area contributed by atoms with Gasteiger partial charge in [0.05, 0.1) is 5.56 Å². The summed E-state index contributed by atoms with van der Waals surface area (Å²) in [6.45, 7) is 1.36. The third kappa shape index (κ3) is 3.23. The molecule has 2 N–H and O–H groups in total. The smallest absolute Gasteiger partial charge is 0.339 e. The summed E-state index contributed by atoms with van der Waals surface area (Å²) in [6, 6.07) is 1.41.